The van der Waals surface area contributed by atoms with E-state index in [9.17, 15) is 4.79 Å². The largest absolute Gasteiger partial charge is 0.480 e. The fraction of sp³-hybridized carbons (Fsp3) is 0.375. The van der Waals surface area contributed by atoms with Crippen molar-refractivity contribution in [2.75, 3.05) is 5.75 Å². The number of halogens is 1. The third-order valence-corrected chi connectivity index (χ3v) is 4.47. The fourth-order valence-electron chi connectivity index (χ4n) is 0.787. The van der Waals surface area contributed by atoms with Crippen LogP contribution in [0.2, 0.25) is 0 Å². The number of carboxylic acid groups (broad SMARTS) is 1. The maximum Gasteiger partial charge on any atom is 0.321 e. The molecule has 3 N–H and O–H groups in total. The summed E-state index contributed by atoms with van der Waals surface area (Å²) < 4.78 is 1.07. The molecule has 1 aromatic rings. The molecule has 0 saturated carbocycles. The molecule has 0 bridgehead atoms. The van der Waals surface area contributed by atoms with Crippen LogP contribution in [-0.2, 0) is 10.5 Å². The lowest BCUT2D eigenvalue weighted by Gasteiger charge is -2.04. The number of thiophene rings is 1. The molecule has 0 fully saturated rings. The van der Waals surface area contributed by atoms with Crippen molar-refractivity contribution >= 4 is 45.0 Å². The molecule has 1 rings (SSSR count). The van der Waals surface area contributed by atoms with Crippen molar-refractivity contribution in [1.82, 2.24) is 0 Å². The molecule has 0 spiro atoms. The summed E-state index contributed by atoms with van der Waals surface area (Å²) in [6, 6.07) is 1.27. The number of carbonyl (C=O) groups is 1. The number of carboxylic acids is 1. The Morgan fingerprint density at radius 3 is 3.00 bits per heavy atom. The number of nitrogens with two attached hydrogens (primary N) is 1. The van der Waals surface area contributed by atoms with E-state index < -0.39 is 12.0 Å². The molecule has 0 radical (unpaired) electrons. The van der Waals surface area contributed by atoms with E-state index in [1.165, 1.54) is 16.6 Å². The number of rotatable bonds is 5. The van der Waals surface area contributed by atoms with Gasteiger partial charge in [-0.1, -0.05) is 0 Å². The summed E-state index contributed by atoms with van der Waals surface area (Å²) in [5.74, 6) is 0.326. The molecule has 1 atom stereocenters. The highest BCUT2D eigenvalue weighted by Gasteiger charge is 2.10. The Morgan fingerprint density at radius 2 is 2.50 bits per heavy atom. The molecule has 0 amide bonds. The molecule has 0 aliphatic heterocycles. The van der Waals surface area contributed by atoms with Crippen molar-refractivity contribution in [3.8, 4) is 0 Å². The summed E-state index contributed by atoms with van der Waals surface area (Å²) in [5.41, 5.74) is 5.36. The van der Waals surface area contributed by atoms with E-state index in [-0.39, 0.29) is 0 Å². The average Bonchev–Trinajstić information content (AvgIpc) is 2.51. The second-order valence-electron chi connectivity index (χ2n) is 2.69. The minimum absolute atomic E-state index is 0.449. The van der Waals surface area contributed by atoms with Crippen molar-refractivity contribution < 1.29 is 9.90 Å². The van der Waals surface area contributed by atoms with Gasteiger partial charge >= 0.3 is 5.97 Å². The smallest absolute Gasteiger partial charge is 0.321 e. The van der Waals surface area contributed by atoms with Gasteiger partial charge < -0.3 is 10.8 Å². The predicted octanol–water partition coefficient (Wildman–Crippen LogP) is 2.16. The third kappa shape index (κ3) is 4.00. The highest BCUT2D eigenvalue weighted by molar-refractivity contribution is 9.10. The van der Waals surface area contributed by atoms with Crippen LogP contribution in [0, 0.1) is 0 Å². The Labute approximate surface area is 98.8 Å². The van der Waals surface area contributed by atoms with Crippen LogP contribution in [0.5, 0.6) is 0 Å². The second-order valence-corrected chi connectivity index (χ2v) is 5.63. The van der Waals surface area contributed by atoms with Gasteiger partial charge in [0.15, 0.2) is 0 Å². The number of thioether (sulfide) groups is 1. The molecule has 0 aromatic carbocycles. The standard InChI is InChI=1S/C8H10BrNO2S2/c9-5-1-6(14-2-5)3-13-4-7(10)8(11)12/h1-2,7H,3-4,10H2,(H,11,12). The minimum Gasteiger partial charge on any atom is -0.480 e. The monoisotopic (exact) mass is 295 g/mol. The quantitative estimate of drug-likeness (QED) is 0.874. The van der Waals surface area contributed by atoms with Gasteiger partial charge in [0.05, 0.1) is 0 Å². The van der Waals surface area contributed by atoms with E-state index in [4.69, 9.17) is 10.8 Å². The topological polar surface area (TPSA) is 63.3 Å². The van der Waals surface area contributed by atoms with Crippen molar-refractivity contribution in [2.45, 2.75) is 11.8 Å². The Morgan fingerprint density at radius 1 is 1.79 bits per heavy atom. The van der Waals surface area contributed by atoms with Gasteiger partial charge in [-0.05, 0) is 22.0 Å². The average molecular weight is 296 g/mol. The molecule has 14 heavy (non-hydrogen) atoms. The zero-order chi connectivity index (χ0) is 10.6. The van der Waals surface area contributed by atoms with Crippen LogP contribution in [0.3, 0.4) is 0 Å². The first kappa shape index (κ1) is 12.0. The van der Waals surface area contributed by atoms with Gasteiger partial charge in [-0.2, -0.15) is 11.8 Å². The summed E-state index contributed by atoms with van der Waals surface area (Å²) in [6.45, 7) is 0. The molecular weight excluding hydrogens is 286 g/mol. The van der Waals surface area contributed by atoms with E-state index in [0.29, 0.717) is 5.75 Å². The van der Waals surface area contributed by atoms with Crippen molar-refractivity contribution in [1.29, 1.82) is 0 Å². The highest BCUT2D eigenvalue weighted by Crippen LogP contribution is 2.23. The molecule has 1 heterocycles. The SMILES string of the molecule is NC(CSCc1cc(Br)cs1)C(=O)O. The van der Waals surface area contributed by atoms with E-state index in [2.05, 4.69) is 15.9 Å². The summed E-state index contributed by atoms with van der Waals surface area (Å²) in [5, 5.41) is 10.5. The van der Waals surface area contributed by atoms with Crippen molar-refractivity contribution in [2.24, 2.45) is 5.73 Å². The van der Waals surface area contributed by atoms with Crippen LogP contribution in [-0.4, -0.2) is 22.9 Å². The van der Waals surface area contributed by atoms with Gasteiger partial charge in [0.1, 0.15) is 6.04 Å². The first-order chi connectivity index (χ1) is 6.59. The van der Waals surface area contributed by atoms with Crippen LogP contribution >= 0.6 is 39.0 Å². The number of hydrogen-bond acceptors (Lipinski definition) is 4. The van der Waals surface area contributed by atoms with Gasteiger partial charge in [0.25, 0.3) is 0 Å². The molecule has 6 heteroatoms. The summed E-state index contributed by atoms with van der Waals surface area (Å²) in [7, 11) is 0. The Bertz CT molecular complexity index is 316. The maximum atomic E-state index is 10.4. The van der Waals surface area contributed by atoms with E-state index in [1.807, 2.05) is 11.4 Å². The Kier molecular flexibility index (Phi) is 4.94. The summed E-state index contributed by atoms with van der Waals surface area (Å²) in [6.07, 6.45) is 0. The second kappa shape index (κ2) is 5.75. The Hall–Kier alpha value is -0.0400. The Balaban J connectivity index is 2.25. The van der Waals surface area contributed by atoms with Gasteiger partial charge in [-0.15, -0.1) is 11.3 Å². The molecule has 78 valence electrons. The van der Waals surface area contributed by atoms with Gasteiger partial charge in [0.2, 0.25) is 0 Å². The lowest BCUT2D eigenvalue weighted by atomic mass is 10.4. The summed E-state index contributed by atoms with van der Waals surface area (Å²) >= 11 is 6.55. The minimum atomic E-state index is -0.940. The van der Waals surface area contributed by atoms with Crippen LogP contribution in [0.1, 0.15) is 4.88 Å². The number of aliphatic carboxylic acids is 1. The van der Waals surface area contributed by atoms with Crippen LogP contribution < -0.4 is 5.73 Å². The van der Waals surface area contributed by atoms with Crippen LogP contribution in [0.4, 0.5) is 0 Å². The maximum absolute atomic E-state index is 10.4. The summed E-state index contributed by atoms with van der Waals surface area (Å²) in [4.78, 5) is 11.6. The highest BCUT2D eigenvalue weighted by atomic mass is 79.9. The fourth-order valence-corrected chi connectivity index (χ4v) is 3.34. The normalized spacial score (nSPS) is 12.7. The molecule has 0 aliphatic rings. The van der Waals surface area contributed by atoms with Crippen molar-refractivity contribution in [3.05, 3.63) is 20.8 Å². The molecule has 0 aliphatic carbocycles. The van der Waals surface area contributed by atoms with E-state index in [1.54, 1.807) is 11.3 Å². The first-order valence-electron chi connectivity index (χ1n) is 3.88. The zero-order valence-corrected chi connectivity index (χ0v) is 10.5. The van der Waals surface area contributed by atoms with E-state index >= 15 is 0 Å². The molecular formula is C8H10BrNO2S2. The molecule has 0 saturated heterocycles. The zero-order valence-electron chi connectivity index (χ0n) is 7.27. The lowest BCUT2D eigenvalue weighted by molar-refractivity contribution is -0.137. The van der Waals surface area contributed by atoms with Crippen molar-refractivity contribution in [3.63, 3.8) is 0 Å². The van der Waals surface area contributed by atoms with Gasteiger partial charge in [-0.3, -0.25) is 4.79 Å². The van der Waals surface area contributed by atoms with Gasteiger partial charge in [-0.25, -0.2) is 0 Å². The van der Waals surface area contributed by atoms with Crippen LogP contribution in [0.15, 0.2) is 15.9 Å². The molecule has 3 nitrogen and oxygen atoms in total. The van der Waals surface area contributed by atoms with E-state index in [0.717, 1.165) is 10.2 Å². The lowest BCUT2D eigenvalue weighted by Crippen LogP contribution is -2.32. The number of hydrogen-bond donors (Lipinski definition) is 2. The first-order valence-corrected chi connectivity index (χ1v) is 6.71. The molecule has 1 aromatic heterocycles. The van der Waals surface area contributed by atoms with Crippen LogP contribution in [0.25, 0.3) is 0 Å². The predicted molar refractivity (Wildman–Crippen MR) is 63.8 cm³/mol. The third-order valence-electron chi connectivity index (χ3n) is 1.48. The molecule has 1 unspecified atom stereocenters. The van der Waals surface area contributed by atoms with Gasteiger partial charge in [0, 0.05) is 26.2 Å².